The van der Waals surface area contributed by atoms with Crippen molar-refractivity contribution in [3.05, 3.63) is 34.9 Å². The minimum Gasteiger partial charge on any atom is -0.267 e. The zero-order valence-electron chi connectivity index (χ0n) is 8.30. The highest BCUT2D eigenvalue weighted by molar-refractivity contribution is 7.96. The highest BCUT2D eigenvalue weighted by Crippen LogP contribution is 2.12. The van der Waals surface area contributed by atoms with E-state index in [9.17, 15) is 0 Å². The van der Waals surface area contributed by atoms with Crippen molar-refractivity contribution in [1.29, 1.82) is 0 Å². The Labute approximate surface area is 90.0 Å². The largest absolute Gasteiger partial charge is 0.267 e. The standard InChI is InChI=1S/C8H10ClNS.C2H6/c1-10-11-6-7-2-4-8(9)5-3-7;1-2/h2-5,10H,6H2,1H3;1-2H3. The van der Waals surface area contributed by atoms with E-state index in [4.69, 9.17) is 11.6 Å². The number of hydrogen-bond donors (Lipinski definition) is 1. The second-order valence-corrected chi connectivity index (χ2v) is 3.54. The Morgan fingerprint density at radius 2 is 1.77 bits per heavy atom. The molecule has 0 radical (unpaired) electrons. The predicted octanol–water partition coefficient (Wildman–Crippen LogP) is 3.73. The SMILES string of the molecule is CC.CNSCc1ccc(Cl)cc1. The summed E-state index contributed by atoms with van der Waals surface area (Å²) >= 11 is 7.40. The zero-order valence-corrected chi connectivity index (χ0v) is 9.88. The van der Waals surface area contributed by atoms with Gasteiger partial charge in [-0.3, -0.25) is 4.72 Å². The molecule has 0 aliphatic carbocycles. The fraction of sp³-hybridized carbons (Fsp3) is 0.400. The molecule has 0 aliphatic rings. The van der Waals surface area contributed by atoms with E-state index in [0.717, 1.165) is 10.8 Å². The van der Waals surface area contributed by atoms with Gasteiger partial charge < -0.3 is 0 Å². The summed E-state index contributed by atoms with van der Waals surface area (Å²) in [6, 6.07) is 7.89. The first-order chi connectivity index (χ1) is 6.33. The van der Waals surface area contributed by atoms with Crippen molar-refractivity contribution in [2.45, 2.75) is 19.6 Å². The van der Waals surface area contributed by atoms with E-state index in [-0.39, 0.29) is 0 Å². The molecule has 0 aliphatic heterocycles. The van der Waals surface area contributed by atoms with E-state index in [1.165, 1.54) is 5.56 Å². The third-order valence-electron chi connectivity index (χ3n) is 1.30. The maximum Gasteiger partial charge on any atom is 0.0406 e. The van der Waals surface area contributed by atoms with Crippen molar-refractivity contribution < 1.29 is 0 Å². The molecular formula is C10H16ClNS. The van der Waals surface area contributed by atoms with Crippen molar-refractivity contribution in [1.82, 2.24) is 4.72 Å². The van der Waals surface area contributed by atoms with Crippen LogP contribution in [0.1, 0.15) is 19.4 Å². The second kappa shape index (κ2) is 8.42. The van der Waals surface area contributed by atoms with Crippen molar-refractivity contribution in [3.8, 4) is 0 Å². The summed E-state index contributed by atoms with van der Waals surface area (Å²) in [5.74, 6) is 0.980. The van der Waals surface area contributed by atoms with Gasteiger partial charge in [-0.2, -0.15) is 0 Å². The van der Waals surface area contributed by atoms with Gasteiger partial charge in [0.05, 0.1) is 0 Å². The molecule has 0 amide bonds. The van der Waals surface area contributed by atoms with E-state index in [2.05, 4.69) is 4.72 Å². The van der Waals surface area contributed by atoms with Crippen LogP contribution in [0, 0.1) is 0 Å². The Morgan fingerprint density at radius 1 is 1.23 bits per heavy atom. The first-order valence-corrected chi connectivity index (χ1v) is 5.72. The van der Waals surface area contributed by atoms with Crippen LogP contribution >= 0.6 is 23.5 Å². The highest BCUT2D eigenvalue weighted by atomic mass is 35.5. The van der Waals surface area contributed by atoms with Gasteiger partial charge in [0.25, 0.3) is 0 Å². The first kappa shape index (κ1) is 12.8. The van der Waals surface area contributed by atoms with E-state index in [1.807, 2.05) is 45.2 Å². The minimum absolute atomic E-state index is 0.795. The normalized spacial score (nSPS) is 8.92. The summed E-state index contributed by atoms with van der Waals surface area (Å²) < 4.78 is 3.01. The van der Waals surface area contributed by atoms with Gasteiger partial charge in [-0.05, 0) is 24.7 Å². The van der Waals surface area contributed by atoms with Crippen molar-refractivity contribution >= 4 is 23.5 Å². The zero-order chi connectivity index (χ0) is 10.1. The van der Waals surface area contributed by atoms with Gasteiger partial charge in [-0.25, -0.2) is 0 Å². The van der Waals surface area contributed by atoms with E-state index in [1.54, 1.807) is 11.9 Å². The highest BCUT2D eigenvalue weighted by Gasteiger charge is 1.91. The molecule has 1 aromatic carbocycles. The Morgan fingerprint density at radius 3 is 2.23 bits per heavy atom. The molecule has 0 saturated heterocycles. The van der Waals surface area contributed by atoms with E-state index >= 15 is 0 Å². The van der Waals surface area contributed by atoms with Gasteiger partial charge in [-0.1, -0.05) is 49.5 Å². The fourth-order valence-corrected chi connectivity index (χ4v) is 1.37. The lowest BCUT2D eigenvalue weighted by atomic mass is 10.2. The van der Waals surface area contributed by atoms with Crippen LogP contribution < -0.4 is 4.72 Å². The van der Waals surface area contributed by atoms with Crippen LogP contribution in [0.5, 0.6) is 0 Å². The van der Waals surface area contributed by atoms with Crippen LogP contribution in [0.3, 0.4) is 0 Å². The Kier molecular flexibility index (Phi) is 8.30. The molecule has 3 heteroatoms. The van der Waals surface area contributed by atoms with Gasteiger partial charge in [0.1, 0.15) is 0 Å². The lowest BCUT2D eigenvalue weighted by Crippen LogP contribution is -1.92. The molecule has 1 aromatic rings. The average molecular weight is 218 g/mol. The molecule has 0 bridgehead atoms. The molecule has 1 N–H and O–H groups in total. The van der Waals surface area contributed by atoms with Gasteiger partial charge in [-0.15, -0.1) is 0 Å². The van der Waals surface area contributed by atoms with E-state index < -0.39 is 0 Å². The molecule has 13 heavy (non-hydrogen) atoms. The minimum atomic E-state index is 0.795. The molecule has 0 heterocycles. The number of nitrogens with one attached hydrogen (secondary N) is 1. The first-order valence-electron chi connectivity index (χ1n) is 4.36. The summed E-state index contributed by atoms with van der Waals surface area (Å²) in [7, 11) is 1.92. The van der Waals surface area contributed by atoms with Crippen LogP contribution in [0.4, 0.5) is 0 Å². The molecule has 1 rings (SSSR count). The van der Waals surface area contributed by atoms with Crippen LogP contribution in [0.2, 0.25) is 5.02 Å². The van der Waals surface area contributed by atoms with Gasteiger partial charge in [0.2, 0.25) is 0 Å². The molecular weight excluding hydrogens is 202 g/mol. The van der Waals surface area contributed by atoms with Crippen molar-refractivity contribution in [3.63, 3.8) is 0 Å². The number of hydrogen-bond acceptors (Lipinski definition) is 2. The molecule has 0 atom stereocenters. The molecule has 0 fully saturated rings. The summed E-state index contributed by atoms with van der Waals surface area (Å²) in [5.41, 5.74) is 1.29. The number of rotatable bonds is 3. The summed E-state index contributed by atoms with van der Waals surface area (Å²) in [4.78, 5) is 0. The second-order valence-electron chi connectivity index (χ2n) is 2.12. The smallest absolute Gasteiger partial charge is 0.0406 e. The Hall–Kier alpha value is -0.180. The van der Waals surface area contributed by atoms with Crippen molar-refractivity contribution in [2.75, 3.05) is 7.05 Å². The van der Waals surface area contributed by atoms with Crippen LogP contribution in [0.25, 0.3) is 0 Å². The third kappa shape index (κ3) is 5.97. The maximum absolute atomic E-state index is 5.72. The monoisotopic (exact) mass is 217 g/mol. The number of halogens is 1. The molecule has 1 nitrogen and oxygen atoms in total. The van der Waals surface area contributed by atoms with Crippen LogP contribution in [-0.4, -0.2) is 7.05 Å². The van der Waals surface area contributed by atoms with Gasteiger partial charge in [0.15, 0.2) is 0 Å². The lowest BCUT2D eigenvalue weighted by molar-refractivity contribution is 1.27. The topological polar surface area (TPSA) is 12.0 Å². The molecule has 0 saturated carbocycles. The van der Waals surface area contributed by atoms with Gasteiger partial charge >= 0.3 is 0 Å². The number of benzene rings is 1. The summed E-state index contributed by atoms with van der Waals surface area (Å²) in [5, 5.41) is 0.795. The maximum atomic E-state index is 5.72. The fourth-order valence-electron chi connectivity index (χ4n) is 0.736. The van der Waals surface area contributed by atoms with E-state index in [0.29, 0.717) is 0 Å². The molecule has 0 spiro atoms. The van der Waals surface area contributed by atoms with Crippen molar-refractivity contribution in [2.24, 2.45) is 0 Å². The Balaban J connectivity index is 0.000000671. The predicted molar refractivity (Wildman–Crippen MR) is 63.2 cm³/mol. The van der Waals surface area contributed by atoms with Crippen LogP contribution in [-0.2, 0) is 5.75 Å². The third-order valence-corrected chi connectivity index (χ3v) is 2.31. The van der Waals surface area contributed by atoms with Crippen LogP contribution in [0.15, 0.2) is 24.3 Å². The molecule has 0 unspecified atom stereocenters. The summed E-state index contributed by atoms with van der Waals surface area (Å²) in [6.45, 7) is 4.00. The molecule has 0 aromatic heterocycles. The summed E-state index contributed by atoms with van der Waals surface area (Å²) in [6.07, 6.45) is 0. The van der Waals surface area contributed by atoms with Gasteiger partial charge in [0, 0.05) is 10.8 Å². The quantitative estimate of drug-likeness (QED) is 0.775. The average Bonchev–Trinajstić information content (AvgIpc) is 2.20. The lowest BCUT2D eigenvalue weighted by Gasteiger charge is -1.98. The molecule has 74 valence electrons. The Bertz CT molecular complexity index is 211.